The number of benzene rings is 2. The van der Waals surface area contributed by atoms with E-state index in [2.05, 4.69) is 37.7 Å². The van der Waals surface area contributed by atoms with Crippen molar-refractivity contribution in [2.24, 2.45) is 5.10 Å². The lowest BCUT2D eigenvalue weighted by atomic mass is 10.2. The van der Waals surface area contributed by atoms with Crippen LogP contribution in [0.15, 0.2) is 52.0 Å². The normalized spacial score (nSPS) is 11.1. The molecule has 9 heteroatoms. The summed E-state index contributed by atoms with van der Waals surface area (Å²) in [5.41, 5.74) is 2.23. The maximum absolute atomic E-state index is 12.7. The molecule has 2 aromatic carbocycles. The Kier molecular flexibility index (Phi) is 7.46. The Morgan fingerprint density at radius 3 is 2.79 bits per heavy atom. The molecular formula is C19H15BrF3N3O2. The third-order valence-corrected chi connectivity index (χ3v) is 3.81. The summed E-state index contributed by atoms with van der Waals surface area (Å²) in [6.07, 6.45) is 2.09. The van der Waals surface area contributed by atoms with Crippen molar-refractivity contribution in [1.29, 1.82) is 0 Å². The van der Waals surface area contributed by atoms with Gasteiger partial charge in [0.15, 0.2) is 0 Å². The molecule has 146 valence electrons. The molecule has 0 saturated heterocycles. The van der Waals surface area contributed by atoms with Crippen LogP contribution in [-0.4, -0.2) is 25.3 Å². The number of terminal acetylenes is 1. The maximum Gasteiger partial charge on any atom is 0.416 e. The monoisotopic (exact) mass is 453 g/mol. The molecule has 5 nitrogen and oxygen atoms in total. The number of ether oxygens (including phenoxy) is 1. The quantitative estimate of drug-likeness (QED) is 0.377. The Labute approximate surface area is 168 Å². The SMILES string of the molecule is C#CCOc1ccc(Br)cc1/C=N\NC(=O)CNc1cccc(C(F)(F)F)c1. The topological polar surface area (TPSA) is 62.7 Å². The van der Waals surface area contributed by atoms with Crippen LogP contribution in [0.5, 0.6) is 5.75 Å². The molecule has 0 aliphatic rings. The number of anilines is 1. The van der Waals surface area contributed by atoms with E-state index in [0.717, 1.165) is 16.6 Å². The van der Waals surface area contributed by atoms with Gasteiger partial charge in [-0.05, 0) is 36.4 Å². The molecule has 0 unspecified atom stereocenters. The van der Waals surface area contributed by atoms with Gasteiger partial charge < -0.3 is 10.1 Å². The van der Waals surface area contributed by atoms with Gasteiger partial charge in [0.2, 0.25) is 0 Å². The number of carbonyl (C=O) groups excluding carboxylic acids is 1. The van der Waals surface area contributed by atoms with E-state index in [4.69, 9.17) is 11.2 Å². The molecule has 0 saturated carbocycles. The lowest BCUT2D eigenvalue weighted by molar-refractivity contribution is -0.137. The molecule has 2 rings (SSSR count). The van der Waals surface area contributed by atoms with E-state index < -0.39 is 17.6 Å². The molecule has 2 aromatic rings. The second-order valence-electron chi connectivity index (χ2n) is 5.40. The minimum Gasteiger partial charge on any atom is -0.480 e. The zero-order valence-corrected chi connectivity index (χ0v) is 16.0. The lowest BCUT2D eigenvalue weighted by Crippen LogP contribution is -2.26. The average Bonchev–Trinajstić information content (AvgIpc) is 2.65. The minimum absolute atomic E-state index is 0.0791. The van der Waals surface area contributed by atoms with E-state index in [9.17, 15) is 18.0 Å². The number of hydrazone groups is 1. The minimum atomic E-state index is -4.45. The van der Waals surface area contributed by atoms with Gasteiger partial charge in [-0.2, -0.15) is 18.3 Å². The van der Waals surface area contributed by atoms with Crippen LogP contribution in [-0.2, 0) is 11.0 Å². The number of alkyl halides is 3. The average molecular weight is 454 g/mol. The Morgan fingerprint density at radius 2 is 2.07 bits per heavy atom. The van der Waals surface area contributed by atoms with Gasteiger partial charge in [-0.3, -0.25) is 4.79 Å². The van der Waals surface area contributed by atoms with Crippen molar-refractivity contribution < 1.29 is 22.7 Å². The first-order valence-electron chi connectivity index (χ1n) is 7.88. The summed E-state index contributed by atoms with van der Waals surface area (Å²) < 4.78 is 44.2. The standard InChI is InChI=1S/C19H15BrF3N3O2/c1-2-8-28-17-7-6-15(20)9-13(17)11-25-26-18(27)12-24-16-5-3-4-14(10-16)19(21,22)23/h1,3-7,9-11,24H,8,12H2,(H,26,27)/b25-11-. The molecule has 1 amide bonds. The van der Waals surface area contributed by atoms with Gasteiger partial charge in [0, 0.05) is 15.7 Å². The summed E-state index contributed by atoms with van der Waals surface area (Å²) in [5.74, 6) is 2.31. The fourth-order valence-electron chi connectivity index (χ4n) is 2.07. The highest BCUT2D eigenvalue weighted by atomic mass is 79.9. The van der Waals surface area contributed by atoms with Gasteiger partial charge in [0.1, 0.15) is 12.4 Å². The highest BCUT2D eigenvalue weighted by Gasteiger charge is 2.30. The van der Waals surface area contributed by atoms with Crippen LogP contribution in [0.1, 0.15) is 11.1 Å². The second kappa shape index (κ2) is 9.80. The second-order valence-corrected chi connectivity index (χ2v) is 6.32. The number of hydrogen-bond donors (Lipinski definition) is 2. The predicted molar refractivity (Wildman–Crippen MR) is 104 cm³/mol. The third-order valence-electron chi connectivity index (χ3n) is 3.32. The smallest absolute Gasteiger partial charge is 0.416 e. The van der Waals surface area contributed by atoms with E-state index >= 15 is 0 Å². The molecule has 2 N–H and O–H groups in total. The summed E-state index contributed by atoms with van der Waals surface area (Å²) >= 11 is 3.32. The number of carbonyl (C=O) groups is 1. The molecule has 0 spiro atoms. The van der Waals surface area contributed by atoms with Crippen molar-refractivity contribution in [2.45, 2.75) is 6.18 Å². The van der Waals surface area contributed by atoms with Crippen molar-refractivity contribution in [1.82, 2.24) is 5.43 Å². The van der Waals surface area contributed by atoms with Gasteiger partial charge >= 0.3 is 6.18 Å². The van der Waals surface area contributed by atoms with E-state index in [0.29, 0.717) is 11.3 Å². The van der Waals surface area contributed by atoms with Crippen molar-refractivity contribution >= 4 is 33.7 Å². The van der Waals surface area contributed by atoms with Crippen LogP contribution in [0.25, 0.3) is 0 Å². The van der Waals surface area contributed by atoms with Gasteiger partial charge in [-0.25, -0.2) is 5.43 Å². The summed E-state index contributed by atoms with van der Waals surface area (Å²) in [6, 6.07) is 9.75. The first-order valence-corrected chi connectivity index (χ1v) is 8.68. The number of rotatable bonds is 7. The number of nitrogens with zero attached hydrogens (tertiary/aromatic N) is 1. The number of nitrogens with one attached hydrogen (secondary N) is 2. The van der Waals surface area contributed by atoms with Crippen LogP contribution in [0, 0.1) is 12.3 Å². The molecular weight excluding hydrogens is 439 g/mol. The first kappa shape index (κ1) is 21.3. The summed E-state index contributed by atoms with van der Waals surface area (Å²) in [4.78, 5) is 11.8. The van der Waals surface area contributed by atoms with Gasteiger partial charge in [-0.15, -0.1) is 6.42 Å². The highest BCUT2D eigenvalue weighted by molar-refractivity contribution is 9.10. The molecule has 0 fully saturated rings. The zero-order chi connectivity index (χ0) is 20.6. The highest BCUT2D eigenvalue weighted by Crippen LogP contribution is 2.30. The summed E-state index contributed by atoms with van der Waals surface area (Å²) in [6.45, 7) is -0.173. The first-order chi connectivity index (χ1) is 13.3. The van der Waals surface area contributed by atoms with Crippen LogP contribution in [0.4, 0.5) is 18.9 Å². The molecule has 0 aliphatic carbocycles. The fraction of sp³-hybridized carbons (Fsp3) is 0.158. The van der Waals surface area contributed by atoms with Crippen LogP contribution in [0.2, 0.25) is 0 Å². The van der Waals surface area contributed by atoms with Crippen molar-refractivity contribution in [3.8, 4) is 18.1 Å². The van der Waals surface area contributed by atoms with E-state index in [1.807, 2.05) is 0 Å². The third kappa shape index (κ3) is 6.63. The fourth-order valence-corrected chi connectivity index (χ4v) is 2.45. The Hall–Kier alpha value is -2.99. The van der Waals surface area contributed by atoms with Gasteiger partial charge in [0.25, 0.3) is 5.91 Å². The van der Waals surface area contributed by atoms with Gasteiger partial charge in [0.05, 0.1) is 18.3 Å². The van der Waals surface area contributed by atoms with Crippen molar-refractivity contribution in [2.75, 3.05) is 18.5 Å². The molecule has 0 bridgehead atoms. The Morgan fingerprint density at radius 1 is 1.29 bits per heavy atom. The maximum atomic E-state index is 12.7. The number of amides is 1. The lowest BCUT2D eigenvalue weighted by Gasteiger charge is -2.10. The van der Waals surface area contributed by atoms with E-state index in [1.165, 1.54) is 18.3 Å². The zero-order valence-electron chi connectivity index (χ0n) is 14.4. The van der Waals surface area contributed by atoms with Gasteiger partial charge in [-0.1, -0.05) is 27.9 Å². The molecule has 0 aromatic heterocycles. The van der Waals surface area contributed by atoms with E-state index in [1.54, 1.807) is 18.2 Å². The summed E-state index contributed by atoms with van der Waals surface area (Å²) in [7, 11) is 0. The van der Waals surface area contributed by atoms with Crippen molar-refractivity contribution in [3.05, 3.63) is 58.1 Å². The molecule has 0 atom stereocenters. The Bertz CT molecular complexity index is 908. The van der Waals surface area contributed by atoms with Crippen molar-refractivity contribution in [3.63, 3.8) is 0 Å². The number of halogens is 4. The summed E-state index contributed by atoms with van der Waals surface area (Å²) in [5, 5.41) is 6.44. The predicted octanol–water partition coefficient (Wildman–Crippen LogP) is 4.04. The molecule has 0 radical (unpaired) electrons. The van der Waals surface area contributed by atoms with Crippen LogP contribution in [0.3, 0.4) is 0 Å². The molecule has 0 aliphatic heterocycles. The number of hydrogen-bond acceptors (Lipinski definition) is 4. The van der Waals surface area contributed by atoms with Crippen LogP contribution < -0.4 is 15.5 Å². The van der Waals surface area contributed by atoms with E-state index in [-0.39, 0.29) is 18.8 Å². The largest absolute Gasteiger partial charge is 0.480 e. The molecule has 0 heterocycles. The van der Waals surface area contributed by atoms with Crippen LogP contribution >= 0.6 is 15.9 Å². The Balaban J connectivity index is 1.93. The molecule has 28 heavy (non-hydrogen) atoms.